The van der Waals surface area contributed by atoms with Gasteiger partial charge in [0.05, 0.1) is 19.9 Å². The van der Waals surface area contributed by atoms with E-state index in [0.29, 0.717) is 41.1 Å². The molecule has 168 valence electrons. The van der Waals surface area contributed by atoms with Gasteiger partial charge in [-0.3, -0.25) is 9.48 Å². The van der Waals surface area contributed by atoms with Crippen molar-refractivity contribution < 1.29 is 19.0 Å². The molecule has 4 rings (SSSR count). The zero-order valence-corrected chi connectivity index (χ0v) is 18.6. The van der Waals surface area contributed by atoms with E-state index in [1.807, 2.05) is 54.6 Å². The Labute approximate surface area is 191 Å². The van der Waals surface area contributed by atoms with Crippen LogP contribution in [0.2, 0.25) is 0 Å². The first kappa shape index (κ1) is 21.9. The van der Waals surface area contributed by atoms with Crippen LogP contribution in [0.4, 0.5) is 0 Å². The number of carbonyl (C=O) groups excluding carboxylic acids is 1. The van der Waals surface area contributed by atoms with Crippen molar-refractivity contribution in [3.05, 3.63) is 84.2 Å². The van der Waals surface area contributed by atoms with Crippen LogP contribution in [0.5, 0.6) is 23.1 Å². The number of nitrogens with one attached hydrogen (secondary N) is 1. The second-order valence-electron chi connectivity index (χ2n) is 7.20. The van der Waals surface area contributed by atoms with Crippen LogP contribution in [0, 0.1) is 0 Å². The van der Waals surface area contributed by atoms with E-state index in [-0.39, 0.29) is 5.91 Å². The maximum Gasteiger partial charge on any atom is 0.269 e. The lowest BCUT2D eigenvalue weighted by molar-refractivity contribution is 0.0941. The molecule has 4 aromatic rings. The number of hydrogen-bond acceptors (Lipinski definition) is 6. The molecule has 0 fully saturated rings. The molecule has 0 saturated heterocycles. The molecule has 8 nitrogen and oxygen atoms in total. The Morgan fingerprint density at radius 1 is 0.970 bits per heavy atom. The van der Waals surface area contributed by atoms with Crippen LogP contribution in [-0.4, -0.2) is 34.9 Å². The summed E-state index contributed by atoms with van der Waals surface area (Å²) >= 11 is 0. The number of benzene rings is 2. The molecule has 0 aliphatic carbocycles. The summed E-state index contributed by atoms with van der Waals surface area (Å²) in [5.74, 6) is 2.23. The Balaban J connectivity index is 1.47. The highest BCUT2D eigenvalue weighted by atomic mass is 16.5. The summed E-state index contributed by atoms with van der Waals surface area (Å²) in [4.78, 5) is 17.0. The standard InChI is InChI=1S/C25H24N4O4/c1-29-22(15-21(28-29)20-14-18(31-2)10-11-23(20)32-3)25(30)27-16-17-7-6-8-19(13-17)33-24-9-4-5-12-26-24/h4-15H,16H2,1-3H3,(H,27,30). The molecule has 2 aromatic heterocycles. The zero-order chi connectivity index (χ0) is 23.2. The van der Waals surface area contributed by atoms with Crippen LogP contribution >= 0.6 is 0 Å². The molecule has 2 heterocycles. The van der Waals surface area contributed by atoms with Crippen molar-refractivity contribution in [1.82, 2.24) is 20.1 Å². The zero-order valence-electron chi connectivity index (χ0n) is 18.6. The van der Waals surface area contributed by atoms with E-state index in [9.17, 15) is 4.79 Å². The van der Waals surface area contributed by atoms with Crippen LogP contribution in [0.25, 0.3) is 11.3 Å². The number of carbonyl (C=O) groups is 1. The fourth-order valence-electron chi connectivity index (χ4n) is 3.35. The van der Waals surface area contributed by atoms with E-state index in [0.717, 1.165) is 11.1 Å². The molecule has 0 unspecified atom stereocenters. The smallest absolute Gasteiger partial charge is 0.269 e. The molecule has 0 spiro atoms. The van der Waals surface area contributed by atoms with Gasteiger partial charge in [0.1, 0.15) is 22.9 Å². The van der Waals surface area contributed by atoms with Crippen LogP contribution < -0.4 is 19.5 Å². The summed E-state index contributed by atoms with van der Waals surface area (Å²) in [6.45, 7) is 0.335. The molecular weight excluding hydrogens is 420 g/mol. The number of aromatic nitrogens is 3. The van der Waals surface area contributed by atoms with Crippen molar-refractivity contribution in [3.63, 3.8) is 0 Å². The molecule has 33 heavy (non-hydrogen) atoms. The third-order valence-corrected chi connectivity index (χ3v) is 5.01. The maximum atomic E-state index is 12.9. The lowest BCUT2D eigenvalue weighted by atomic mass is 10.1. The van der Waals surface area contributed by atoms with Gasteiger partial charge in [-0.25, -0.2) is 4.98 Å². The van der Waals surface area contributed by atoms with E-state index in [2.05, 4.69) is 15.4 Å². The van der Waals surface area contributed by atoms with Gasteiger partial charge in [0, 0.05) is 31.4 Å². The van der Waals surface area contributed by atoms with Gasteiger partial charge in [-0.2, -0.15) is 5.10 Å². The van der Waals surface area contributed by atoms with E-state index in [1.54, 1.807) is 44.3 Å². The monoisotopic (exact) mass is 444 g/mol. The van der Waals surface area contributed by atoms with Gasteiger partial charge in [0.25, 0.3) is 5.91 Å². The van der Waals surface area contributed by atoms with Crippen molar-refractivity contribution >= 4 is 5.91 Å². The van der Waals surface area contributed by atoms with Crippen molar-refractivity contribution in [2.45, 2.75) is 6.54 Å². The highest BCUT2D eigenvalue weighted by Crippen LogP contribution is 2.33. The van der Waals surface area contributed by atoms with Gasteiger partial charge in [0.2, 0.25) is 5.88 Å². The Bertz CT molecular complexity index is 1250. The summed E-state index contributed by atoms with van der Waals surface area (Å²) in [7, 11) is 4.92. The molecule has 0 bridgehead atoms. The topological polar surface area (TPSA) is 87.5 Å². The van der Waals surface area contributed by atoms with Crippen molar-refractivity contribution in [1.29, 1.82) is 0 Å². The number of methoxy groups -OCH3 is 2. The highest BCUT2D eigenvalue weighted by Gasteiger charge is 2.17. The minimum Gasteiger partial charge on any atom is -0.497 e. The largest absolute Gasteiger partial charge is 0.497 e. The van der Waals surface area contributed by atoms with Crippen LogP contribution in [-0.2, 0) is 13.6 Å². The third-order valence-electron chi connectivity index (χ3n) is 5.01. The average molecular weight is 444 g/mol. The molecule has 0 aliphatic heterocycles. The van der Waals surface area contributed by atoms with Crippen molar-refractivity contribution in [2.24, 2.45) is 7.05 Å². The Kier molecular flexibility index (Phi) is 6.54. The Morgan fingerprint density at radius 2 is 1.85 bits per heavy atom. The van der Waals surface area contributed by atoms with Crippen LogP contribution in [0.1, 0.15) is 16.1 Å². The normalized spacial score (nSPS) is 10.5. The van der Waals surface area contributed by atoms with Crippen LogP contribution in [0.3, 0.4) is 0 Å². The highest BCUT2D eigenvalue weighted by molar-refractivity contribution is 5.94. The fraction of sp³-hybridized carbons (Fsp3) is 0.160. The first-order valence-corrected chi connectivity index (χ1v) is 10.3. The van der Waals surface area contributed by atoms with Gasteiger partial charge in [-0.1, -0.05) is 18.2 Å². The molecule has 1 amide bonds. The molecule has 0 radical (unpaired) electrons. The number of amides is 1. The van der Waals surface area contributed by atoms with E-state index >= 15 is 0 Å². The van der Waals surface area contributed by atoms with Crippen LogP contribution in [0.15, 0.2) is 72.9 Å². The number of aryl methyl sites for hydroxylation is 1. The predicted molar refractivity (Wildman–Crippen MR) is 124 cm³/mol. The molecule has 8 heteroatoms. The third kappa shape index (κ3) is 5.12. The maximum absolute atomic E-state index is 12.9. The second kappa shape index (κ2) is 9.86. The Hall–Kier alpha value is -4.33. The van der Waals surface area contributed by atoms with Gasteiger partial charge in [-0.15, -0.1) is 0 Å². The summed E-state index contributed by atoms with van der Waals surface area (Å²) in [6.07, 6.45) is 1.67. The molecular formula is C25H24N4O4. The molecule has 2 aromatic carbocycles. The number of nitrogens with zero attached hydrogens (tertiary/aromatic N) is 3. The number of rotatable bonds is 8. The van der Waals surface area contributed by atoms with Crippen molar-refractivity contribution in [3.8, 4) is 34.4 Å². The van der Waals surface area contributed by atoms with Gasteiger partial charge < -0.3 is 19.5 Å². The van der Waals surface area contributed by atoms with Gasteiger partial charge in [-0.05, 0) is 48.0 Å². The van der Waals surface area contributed by atoms with Gasteiger partial charge >= 0.3 is 0 Å². The predicted octanol–water partition coefficient (Wildman–Crippen LogP) is 4.22. The van der Waals surface area contributed by atoms with E-state index < -0.39 is 0 Å². The average Bonchev–Trinajstić information content (AvgIpc) is 3.24. The quantitative estimate of drug-likeness (QED) is 0.438. The summed E-state index contributed by atoms with van der Waals surface area (Å²) in [6, 6.07) is 20.1. The molecule has 0 aliphatic rings. The molecule has 0 saturated carbocycles. The lowest BCUT2D eigenvalue weighted by Crippen LogP contribution is -2.25. The summed E-state index contributed by atoms with van der Waals surface area (Å²) < 4.78 is 18.1. The first-order valence-electron chi connectivity index (χ1n) is 10.3. The number of ether oxygens (including phenoxy) is 3. The minimum absolute atomic E-state index is 0.242. The first-order chi connectivity index (χ1) is 16.1. The molecule has 0 atom stereocenters. The SMILES string of the molecule is COc1ccc(OC)c(-c2cc(C(=O)NCc3cccc(Oc4ccccn4)c3)n(C)n2)c1. The summed E-state index contributed by atoms with van der Waals surface area (Å²) in [5.41, 5.74) is 2.68. The van der Waals surface area contributed by atoms with E-state index in [4.69, 9.17) is 14.2 Å². The second-order valence-corrected chi connectivity index (χ2v) is 7.20. The van der Waals surface area contributed by atoms with Crippen molar-refractivity contribution in [2.75, 3.05) is 14.2 Å². The fourth-order valence-corrected chi connectivity index (χ4v) is 3.35. The Morgan fingerprint density at radius 3 is 2.61 bits per heavy atom. The summed E-state index contributed by atoms with van der Waals surface area (Å²) in [5, 5.41) is 7.43. The lowest BCUT2D eigenvalue weighted by Gasteiger charge is -2.08. The van der Waals surface area contributed by atoms with E-state index in [1.165, 1.54) is 0 Å². The minimum atomic E-state index is -0.242. The number of hydrogen-bond donors (Lipinski definition) is 1. The molecule has 1 N–H and O–H groups in total. The van der Waals surface area contributed by atoms with Gasteiger partial charge in [0.15, 0.2) is 0 Å². The number of pyridine rings is 1.